The van der Waals surface area contributed by atoms with Gasteiger partial charge in [0.2, 0.25) is 0 Å². The predicted octanol–water partition coefficient (Wildman–Crippen LogP) is 4.31. The lowest BCUT2D eigenvalue weighted by Gasteiger charge is -2.19. The van der Waals surface area contributed by atoms with Crippen molar-refractivity contribution >= 4 is 11.0 Å². The molecule has 1 aromatic heterocycles. The highest BCUT2D eigenvalue weighted by Crippen LogP contribution is 2.30. The highest BCUT2D eigenvalue weighted by atomic mass is 19.1. The third-order valence-corrected chi connectivity index (χ3v) is 3.67. The Balaban J connectivity index is 2.17. The minimum atomic E-state index is -0.288. The number of hydrogen-bond donors (Lipinski definition) is 1. The van der Waals surface area contributed by atoms with Crippen LogP contribution in [0.3, 0.4) is 0 Å². The molecule has 0 aliphatic rings. The lowest BCUT2D eigenvalue weighted by Crippen LogP contribution is -2.29. The molecule has 0 amide bonds. The van der Waals surface area contributed by atoms with E-state index in [1.165, 1.54) is 6.07 Å². The fraction of sp³-hybridized carbons (Fsp3) is 0.500. The molecule has 104 valence electrons. The second kappa shape index (κ2) is 5.74. The fourth-order valence-electron chi connectivity index (χ4n) is 2.15. The van der Waals surface area contributed by atoms with E-state index in [-0.39, 0.29) is 11.7 Å². The van der Waals surface area contributed by atoms with Crippen molar-refractivity contribution in [2.75, 3.05) is 6.54 Å². The SMILES string of the molecule is CC(C)NCC(C)C(C)c1cc2cccc(F)c2o1. The monoisotopic (exact) mass is 263 g/mol. The van der Waals surface area contributed by atoms with Crippen LogP contribution in [0.25, 0.3) is 11.0 Å². The Hall–Kier alpha value is -1.35. The molecular weight excluding hydrogens is 241 g/mol. The molecule has 1 heterocycles. The summed E-state index contributed by atoms with van der Waals surface area (Å²) in [6.07, 6.45) is 0. The average Bonchev–Trinajstić information content (AvgIpc) is 2.80. The van der Waals surface area contributed by atoms with Gasteiger partial charge in [-0.2, -0.15) is 0 Å². The number of nitrogens with one attached hydrogen (secondary N) is 1. The largest absolute Gasteiger partial charge is 0.458 e. The summed E-state index contributed by atoms with van der Waals surface area (Å²) < 4.78 is 19.3. The third kappa shape index (κ3) is 3.16. The van der Waals surface area contributed by atoms with Crippen LogP contribution in [0.2, 0.25) is 0 Å². The summed E-state index contributed by atoms with van der Waals surface area (Å²) >= 11 is 0. The van der Waals surface area contributed by atoms with Crippen LogP contribution in [0.5, 0.6) is 0 Å². The maximum absolute atomic E-state index is 13.6. The predicted molar refractivity (Wildman–Crippen MR) is 76.9 cm³/mol. The molecule has 2 nitrogen and oxygen atoms in total. The van der Waals surface area contributed by atoms with Crippen LogP contribution in [-0.2, 0) is 0 Å². The summed E-state index contributed by atoms with van der Waals surface area (Å²) in [7, 11) is 0. The summed E-state index contributed by atoms with van der Waals surface area (Å²) in [5.74, 6) is 1.27. The zero-order valence-electron chi connectivity index (χ0n) is 12.0. The normalized spacial score (nSPS) is 15.1. The summed E-state index contributed by atoms with van der Waals surface area (Å²) in [6.45, 7) is 9.51. The molecule has 2 unspecified atom stereocenters. The van der Waals surface area contributed by atoms with Crippen LogP contribution in [0, 0.1) is 11.7 Å². The van der Waals surface area contributed by atoms with Gasteiger partial charge < -0.3 is 9.73 Å². The second-order valence-corrected chi connectivity index (χ2v) is 5.64. The lowest BCUT2D eigenvalue weighted by molar-refractivity contribution is 0.377. The van der Waals surface area contributed by atoms with Crippen molar-refractivity contribution in [2.45, 2.75) is 39.7 Å². The minimum Gasteiger partial charge on any atom is -0.458 e. The topological polar surface area (TPSA) is 25.2 Å². The first-order valence-electron chi connectivity index (χ1n) is 6.90. The molecule has 2 atom stereocenters. The van der Waals surface area contributed by atoms with E-state index in [0.29, 0.717) is 17.5 Å². The molecule has 0 aliphatic carbocycles. The van der Waals surface area contributed by atoms with Gasteiger partial charge in [0.25, 0.3) is 0 Å². The molecule has 0 spiro atoms. The summed E-state index contributed by atoms with van der Waals surface area (Å²) in [5, 5.41) is 4.26. The minimum absolute atomic E-state index is 0.262. The van der Waals surface area contributed by atoms with Crippen molar-refractivity contribution in [1.82, 2.24) is 5.32 Å². The van der Waals surface area contributed by atoms with E-state index >= 15 is 0 Å². The average molecular weight is 263 g/mol. The number of rotatable bonds is 5. The molecular formula is C16H22FNO. The molecule has 2 rings (SSSR count). The van der Waals surface area contributed by atoms with Crippen molar-refractivity contribution < 1.29 is 8.81 Å². The Kier molecular flexibility index (Phi) is 4.25. The second-order valence-electron chi connectivity index (χ2n) is 5.64. The van der Waals surface area contributed by atoms with Gasteiger partial charge in [0, 0.05) is 17.3 Å². The van der Waals surface area contributed by atoms with Gasteiger partial charge in [0.15, 0.2) is 11.4 Å². The van der Waals surface area contributed by atoms with E-state index < -0.39 is 0 Å². The molecule has 0 saturated carbocycles. The van der Waals surface area contributed by atoms with E-state index in [9.17, 15) is 4.39 Å². The first-order chi connectivity index (χ1) is 8.99. The molecule has 0 bridgehead atoms. The molecule has 3 heteroatoms. The van der Waals surface area contributed by atoms with E-state index in [2.05, 4.69) is 33.0 Å². The van der Waals surface area contributed by atoms with Crippen molar-refractivity contribution in [1.29, 1.82) is 0 Å². The van der Waals surface area contributed by atoms with Gasteiger partial charge in [-0.05, 0) is 24.6 Å². The number of fused-ring (bicyclic) bond motifs is 1. The van der Waals surface area contributed by atoms with E-state index in [0.717, 1.165) is 17.7 Å². The smallest absolute Gasteiger partial charge is 0.169 e. The molecule has 1 aromatic carbocycles. The van der Waals surface area contributed by atoms with Gasteiger partial charge >= 0.3 is 0 Å². The molecule has 0 saturated heterocycles. The van der Waals surface area contributed by atoms with Crippen molar-refractivity contribution in [3.63, 3.8) is 0 Å². The number of halogens is 1. The molecule has 2 aromatic rings. The van der Waals surface area contributed by atoms with Crippen molar-refractivity contribution in [3.05, 3.63) is 35.8 Å². The zero-order valence-corrected chi connectivity index (χ0v) is 12.0. The third-order valence-electron chi connectivity index (χ3n) is 3.67. The molecule has 0 fully saturated rings. The van der Waals surface area contributed by atoms with Gasteiger partial charge in [-0.15, -0.1) is 0 Å². The van der Waals surface area contributed by atoms with Crippen molar-refractivity contribution in [2.24, 2.45) is 5.92 Å². The van der Waals surface area contributed by atoms with Crippen LogP contribution < -0.4 is 5.32 Å². The standard InChI is InChI=1S/C16H22FNO/c1-10(2)18-9-11(3)12(4)15-8-13-6-5-7-14(17)16(13)19-15/h5-8,10-12,18H,9H2,1-4H3. The van der Waals surface area contributed by atoms with Gasteiger partial charge in [-0.3, -0.25) is 0 Å². The lowest BCUT2D eigenvalue weighted by atomic mass is 9.93. The van der Waals surface area contributed by atoms with Crippen LogP contribution in [0.4, 0.5) is 4.39 Å². The van der Waals surface area contributed by atoms with E-state index in [1.807, 2.05) is 12.1 Å². The molecule has 0 radical (unpaired) electrons. The molecule has 19 heavy (non-hydrogen) atoms. The Bertz CT molecular complexity index is 547. The summed E-state index contributed by atoms with van der Waals surface area (Å²) in [4.78, 5) is 0. The summed E-state index contributed by atoms with van der Waals surface area (Å²) in [5.41, 5.74) is 0.369. The van der Waals surface area contributed by atoms with Gasteiger partial charge in [0.05, 0.1) is 0 Å². The molecule has 0 aliphatic heterocycles. The van der Waals surface area contributed by atoms with Gasteiger partial charge in [-0.1, -0.05) is 39.8 Å². The zero-order chi connectivity index (χ0) is 14.0. The Morgan fingerprint density at radius 1 is 1.21 bits per heavy atom. The van der Waals surface area contributed by atoms with Crippen LogP contribution >= 0.6 is 0 Å². The molecule has 1 N–H and O–H groups in total. The van der Waals surface area contributed by atoms with Crippen LogP contribution in [0.15, 0.2) is 28.7 Å². The van der Waals surface area contributed by atoms with Crippen LogP contribution in [0.1, 0.15) is 39.4 Å². The van der Waals surface area contributed by atoms with E-state index in [1.54, 1.807) is 6.07 Å². The summed E-state index contributed by atoms with van der Waals surface area (Å²) in [6, 6.07) is 7.46. The number of para-hydroxylation sites is 1. The Morgan fingerprint density at radius 3 is 2.58 bits per heavy atom. The Labute approximate surface area is 114 Å². The quantitative estimate of drug-likeness (QED) is 0.869. The maximum Gasteiger partial charge on any atom is 0.169 e. The van der Waals surface area contributed by atoms with Gasteiger partial charge in [-0.25, -0.2) is 4.39 Å². The first-order valence-corrected chi connectivity index (χ1v) is 6.90. The Morgan fingerprint density at radius 2 is 1.95 bits per heavy atom. The van der Waals surface area contributed by atoms with Crippen LogP contribution in [-0.4, -0.2) is 12.6 Å². The first kappa shape index (κ1) is 14.1. The van der Waals surface area contributed by atoms with E-state index in [4.69, 9.17) is 4.42 Å². The highest BCUT2D eigenvalue weighted by Gasteiger charge is 2.19. The van der Waals surface area contributed by atoms with Crippen molar-refractivity contribution in [3.8, 4) is 0 Å². The highest BCUT2D eigenvalue weighted by molar-refractivity contribution is 5.78. The van der Waals surface area contributed by atoms with Gasteiger partial charge in [0.1, 0.15) is 5.76 Å². The number of benzene rings is 1. The maximum atomic E-state index is 13.6. The fourth-order valence-corrected chi connectivity index (χ4v) is 2.15. The number of furan rings is 1. The number of hydrogen-bond acceptors (Lipinski definition) is 2.